The summed E-state index contributed by atoms with van der Waals surface area (Å²) in [6.07, 6.45) is 0.256. The first-order valence-corrected chi connectivity index (χ1v) is 10.3. The summed E-state index contributed by atoms with van der Waals surface area (Å²) in [5.41, 5.74) is 1.72. The summed E-state index contributed by atoms with van der Waals surface area (Å²) in [4.78, 5) is 30.6. The third kappa shape index (κ3) is 8.10. The van der Waals surface area contributed by atoms with Crippen LogP contribution in [0.2, 0.25) is 0 Å². The lowest BCUT2D eigenvalue weighted by Gasteiger charge is -2.30. The molecule has 2 amide bonds. The van der Waals surface area contributed by atoms with Crippen molar-refractivity contribution in [3.63, 3.8) is 0 Å². The third-order valence-corrected chi connectivity index (χ3v) is 4.90. The van der Waals surface area contributed by atoms with Crippen molar-refractivity contribution in [1.82, 2.24) is 15.5 Å². The first-order chi connectivity index (χ1) is 15.1. The highest BCUT2D eigenvalue weighted by Crippen LogP contribution is 2.08. The maximum atomic E-state index is 12.3. The van der Waals surface area contributed by atoms with Crippen molar-refractivity contribution < 1.29 is 19.1 Å². The molecule has 1 heterocycles. The molecule has 164 valence electrons. The molecule has 0 aliphatic carbocycles. The number of benzene rings is 2. The number of guanidine groups is 1. The van der Waals surface area contributed by atoms with Crippen molar-refractivity contribution in [3.05, 3.63) is 71.8 Å². The van der Waals surface area contributed by atoms with Crippen LogP contribution in [0.25, 0.3) is 0 Å². The van der Waals surface area contributed by atoms with Gasteiger partial charge in [-0.15, -0.1) is 4.99 Å². The van der Waals surface area contributed by atoms with Crippen LogP contribution in [0.3, 0.4) is 0 Å². The standard InChI is InChI=1S/C23H28N4O4/c1-27-14-12-20(13-15-27)24-21(25-22(28)30-16-18-8-4-2-5-9-18)26-23(29)31-17-19-10-6-3-7-11-19/h2-11,20H,12-17H2,1H3,(H2,24,25,26,28,29). The molecule has 1 aliphatic heterocycles. The molecule has 31 heavy (non-hydrogen) atoms. The first-order valence-electron chi connectivity index (χ1n) is 10.3. The van der Waals surface area contributed by atoms with Crippen LogP contribution in [0.15, 0.2) is 65.7 Å². The summed E-state index contributed by atoms with van der Waals surface area (Å²) in [5.74, 6) is 0.0330. The molecule has 2 N–H and O–H groups in total. The minimum Gasteiger partial charge on any atom is -0.444 e. The molecule has 1 fully saturated rings. The van der Waals surface area contributed by atoms with Crippen LogP contribution in [-0.4, -0.2) is 49.2 Å². The number of hydrogen-bond acceptors (Lipinski definition) is 5. The van der Waals surface area contributed by atoms with Gasteiger partial charge >= 0.3 is 12.2 Å². The van der Waals surface area contributed by atoms with Crippen LogP contribution in [0.1, 0.15) is 24.0 Å². The Kier molecular flexibility index (Phi) is 8.42. The molecule has 0 saturated carbocycles. The molecule has 1 aliphatic rings. The summed E-state index contributed by atoms with van der Waals surface area (Å²) in [7, 11) is 2.06. The van der Waals surface area contributed by atoms with Gasteiger partial charge < -0.3 is 19.7 Å². The van der Waals surface area contributed by atoms with Gasteiger partial charge in [-0.25, -0.2) is 9.59 Å². The average Bonchev–Trinajstić information content (AvgIpc) is 2.79. The molecule has 2 aromatic carbocycles. The SMILES string of the molecule is CN1CCC(N/C(=N\C(=O)OCc2ccccc2)NC(=O)OCc2ccccc2)CC1. The molecule has 0 atom stereocenters. The van der Waals surface area contributed by atoms with Crippen LogP contribution in [0.5, 0.6) is 0 Å². The summed E-state index contributed by atoms with van der Waals surface area (Å²) in [6.45, 7) is 2.06. The number of carbonyl (C=O) groups is 2. The van der Waals surface area contributed by atoms with Crippen LogP contribution < -0.4 is 10.6 Å². The highest BCUT2D eigenvalue weighted by Gasteiger charge is 2.20. The number of aliphatic imine (C=N–C) groups is 1. The minimum absolute atomic E-state index is 0.0330. The topological polar surface area (TPSA) is 92.3 Å². The minimum atomic E-state index is -0.789. The van der Waals surface area contributed by atoms with Gasteiger partial charge in [-0.05, 0) is 44.1 Å². The lowest BCUT2D eigenvalue weighted by atomic mass is 10.1. The fraction of sp³-hybridized carbons (Fsp3) is 0.348. The van der Waals surface area contributed by atoms with Crippen LogP contribution in [-0.2, 0) is 22.7 Å². The lowest BCUT2D eigenvalue weighted by Crippen LogP contribution is -2.49. The molecule has 2 aromatic rings. The van der Waals surface area contributed by atoms with Gasteiger partial charge in [0.1, 0.15) is 13.2 Å². The smallest absolute Gasteiger partial charge is 0.437 e. The Labute approximate surface area is 182 Å². The van der Waals surface area contributed by atoms with Crippen molar-refractivity contribution in [2.75, 3.05) is 20.1 Å². The number of piperidine rings is 1. The van der Waals surface area contributed by atoms with Crippen molar-refractivity contribution in [2.24, 2.45) is 4.99 Å². The number of hydrogen-bond donors (Lipinski definition) is 2. The number of rotatable bonds is 5. The molecule has 0 bridgehead atoms. The fourth-order valence-electron chi connectivity index (χ4n) is 3.14. The van der Waals surface area contributed by atoms with Gasteiger partial charge in [0.25, 0.3) is 0 Å². The molecule has 8 nitrogen and oxygen atoms in total. The van der Waals surface area contributed by atoms with Gasteiger partial charge in [-0.3, -0.25) is 5.32 Å². The fourth-order valence-corrected chi connectivity index (χ4v) is 3.14. The second-order valence-electron chi connectivity index (χ2n) is 7.41. The molecule has 0 unspecified atom stereocenters. The average molecular weight is 425 g/mol. The second kappa shape index (κ2) is 11.7. The van der Waals surface area contributed by atoms with Crippen molar-refractivity contribution in [3.8, 4) is 0 Å². The molecular weight excluding hydrogens is 396 g/mol. The molecule has 0 spiro atoms. The van der Waals surface area contributed by atoms with Crippen LogP contribution >= 0.6 is 0 Å². The van der Waals surface area contributed by atoms with Gasteiger partial charge in [0.05, 0.1) is 0 Å². The van der Waals surface area contributed by atoms with E-state index in [0.29, 0.717) is 0 Å². The van der Waals surface area contributed by atoms with Gasteiger partial charge in [0.15, 0.2) is 0 Å². The largest absolute Gasteiger partial charge is 0.444 e. The van der Waals surface area contributed by atoms with E-state index < -0.39 is 12.2 Å². The highest BCUT2D eigenvalue weighted by atomic mass is 16.6. The van der Waals surface area contributed by atoms with E-state index in [9.17, 15) is 9.59 Å². The number of ether oxygens (including phenoxy) is 2. The normalized spacial score (nSPS) is 15.2. The van der Waals surface area contributed by atoms with E-state index in [4.69, 9.17) is 9.47 Å². The maximum Gasteiger partial charge on any atom is 0.437 e. The van der Waals surface area contributed by atoms with Gasteiger partial charge in [0.2, 0.25) is 5.96 Å². The Balaban J connectivity index is 1.58. The Hall–Kier alpha value is -3.39. The number of amides is 2. The summed E-state index contributed by atoms with van der Waals surface area (Å²) in [6, 6.07) is 18.8. The van der Waals surface area contributed by atoms with E-state index in [1.165, 1.54) is 0 Å². The van der Waals surface area contributed by atoms with Crippen molar-refractivity contribution >= 4 is 18.1 Å². The zero-order valence-electron chi connectivity index (χ0n) is 17.6. The number of carbonyl (C=O) groups excluding carboxylic acids is 2. The van der Waals surface area contributed by atoms with E-state index >= 15 is 0 Å². The quantitative estimate of drug-likeness (QED) is 0.565. The second-order valence-corrected chi connectivity index (χ2v) is 7.41. The third-order valence-electron chi connectivity index (χ3n) is 4.90. The number of likely N-dealkylation sites (tertiary alicyclic amines) is 1. The number of nitrogens with one attached hydrogen (secondary N) is 2. The zero-order chi connectivity index (χ0) is 21.9. The van der Waals surface area contributed by atoms with Gasteiger partial charge in [0, 0.05) is 6.04 Å². The summed E-state index contributed by atoms with van der Waals surface area (Å²) in [5, 5.41) is 5.68. The molecule has 3 rings (SSSR count). The van der Waals surface area contributed by atoms with E-state index in [1.807, 2.05) is 60.7 Å². The molecular formula is C23H28N4O4. The van der Waals surface area contributed by atoms with E-state index in [-0.39, 0.29) is 25.2 Å². The maximum absolute atomic E-state index is 12.3. The van der Waals surface area contributed by atoms with Crippen molar-refractivity contribution in [2.45, 2.75) is 32.1 Å². The van der Waals surface area contributed by atoms with E-state index in [1.54, 1.807) is 0 Å². The Morgan fingerprint density at radius 1 is 0.935 bits per heavy atom. The summed E-state index contributed by atoms with van der Waals surface area (Å²) < 4.78 is 10.5. The predicted octanol–water partition coefficient (Wildman–Crippen LogP) is 3.29. The molecule has 0 radical (unpaired) electrons. The lowest BCUT2D eigenvalue weighted by molar-refractivity contribution is 0.144. The number of alkyl carbamates (subject to hydrolysis) is 1. The Morgan fingerprint density at radius 3 is 2.06 bits per heavy atom. The highest BCUT2D eigenvalue weighted by molar-refractivity contribution is 5.98. The monoisotopic (exact) mass is 424 g/mol. The van der Waals surface area contributed by atoms with Gasteiger partial charge in [-0.2, -0.15) is 0 Å². The molecule has 8 heteroatoms. The predicted molar refractivity (Wildman–Crippen MR) is 117 cm³/mol. The Bertz CT molecular complexity index is 866. The molecule has 0 aromatic heterocycles. The van der Waals surface area contributed by atoms with Crippen molar-refractivity contribution in [1.29, 1.82) is 0 Å². The first kappa shape index (κ1) is 22.3. The number of nitrogens with zero attached hydrogens (tertiary/aromatic N) is 2. The van der Waals surface area contributed by atoms with Gasteiger partial charge in [-0.1, -0.05) is 60.7 Å². The van der Waals surface area contributed by atoms with E-state index in [2.05, 4.69) is 27.6 Å². The zero-order valence-corrected chi connectivity index (χ0v) is 17.6. The summed E-state index contributed by atoms with van der Waals surface area (Å²) >= 11 is 0. The van der Waals surface area contributed by atoms with Crippen LogP contribution in [0.4, 0.5) is 9.59 Å². The van der Waals surface area contributed by atoms with E-state index in [0.717, 1.165) is 37.1 Å². The van der Waals surface area contributed by atoms with Crippen LogP contribution in [0, 0.1) is 0 Å². The Morgan fingerprint density at radius 2 is 1.48 bits per heavy atom. The molecule has 1 saturated heterocycles.